The first-order valence-corrected chi connectivity index (χ1v) is 5.99. The molecule has 114 valence electrons. The molecule has 20 heavy (non-hydrogen) atoms. The summed E-state index contributed by atoms with van der Waals surface area (Å²) >= 11 is 0. The normalized spacial score (nSPS) is 12.6. The second-order valence-corrected chi connectivity index (χ2v) is 5.41. The molecule has 0 aromatic carbocycles. The van der Waals surface area contributed by atoms with Crippen LogP contribution < -0.4 is 0 Å². The lowest BCUT2D eigenvalue weighted by molar-refractivity contribution is -0.873. The summed E-state index contributed by atoms with van der Waals surface area (Å²) in [5, 5.41) is 17.1. The highest BCUT2D eigenvalue weighted by Gasteiger charge is 2.25. The van der Waals surface area contributed by atoms with Crippen molar-refractivity contribution in [2.45, 2.75) is 25.4 Å². The van der Waals surface area contributed by atoms with E-state index in [4.69, 9.17) is 14.9 Å². The lowest BCUT2D eigenvalue weighted by Gasteiger charge is -2.28. The molecule has 8 nitrogen and oxygen atoms in total. The summed E-state index contributed by atoms with van der Waals surface area (Å²) < 4.78 is 5.39. The number of carbonyl (C=O) groups excluding carboxylic acids is 2. The maximum absolute atomic E-state index is 11.5. The van der Waals surface area contributed by atoms with Gasteiger partial charge < -0.3 is 19.4 Å². The van der Waals surface area contributed by atoms with Gasteiger partial charge in [0.2, 0.25) is 5.78 Å². The van der Waals surface area contributed by atoms with Gasteiger partial charge in [-0.15, -0.1) is 0 Å². The average molecular weight is 290 g/mol. The molecule has 0 aromatic heterocycles. The average Bonchev–Trinajstić information content (AvgIpc) is 2.21. The van der Waals surface area contributed by atoms with Crippen molar-refractivity contribution in [3.05, 3.63) is 0 Å². The zero-order valence-electron chi connectivity index (χ0n) is 11.8. The summed E-state index contributed by atoms with van der Waals surface area (Å²) in [6.45, 7) is 0.297. The Hall–Kier alpha value is -1.96. The fraction of sp³-hybridized carbons (Fsp3) is 0.667. The van der Waals surface area contributed by atoms with Gasteiger partial charge in [0, 0.05) is 6.42 Å². The van der Waals surface area contributed by atoms with Crippen molar-refractivity contribution in [1.29, 1.82) is 0 Å². The molecule has 0 bridgehead atoms. The number of carboxylic acid groups (broad SMARTS) is 2. The molecule has 0 amide bonds. The third-order valence-corrected chi connectivity index (χ3v) is 2.25. The van der Waals surface area contributed by atoms with Crippen LogP contribution in [0.4, 0.5) is 0 Å². The Morgan fingerprint density at radius 3 is 2.00 bits per heavy atom. The first-order chi connectivity index (χ1) is 9.01. The van der Waals surface area contributed by atoms with Crippen LogP contribution in [-0.2, 0) is 23.9 Å². The zero-order chi connectivity index (χ0) is 15.9. The number of ketones is 1. The summed E-state index contributed by atoms with van der Waals surface area (Å²) in [5.74, 6) is -4.56. The lowest BCUT2D eigenvalue weighted by Crippen LogP contribution is -2.43. The molecule has 0 aliphatic rings. The van der Waals surface area contributed by atoms with Crippen molar-refractivity contribution in [3.8, 4) is 0 Å². The Morgan fingerprint density at radius 1 is 1.05 bits per heavy atom. The predicted octanol–water partition coefficient (Wildman–Crippen LogP) is -0.487. The van der Waals surface area contributed by atoms with Gasteiger partial charge in [-0.2, -0.15) is 0 Å². The number of esters is 1. The molecule has 0 aliphatic carbocycles. The zero-order valence-corrected chi connectivity index (χ0v) is 11.8. The van der Waals surface area contributed by atoms with E-state index in [-0.39, 0.29) is 12.8 Å². The van der Waals surface area contributed by atoms with Gasteiger partial charge in [-0.1, -0.05) is 0 Å². The van der Waals surface area contributed by atoms with Gasteiger partial charge in [0.1, 0.15) is 6.54 Å². The highest BCUT2D eigenvalue weighted by atomic mass is 16.5. The number of Topliss-reactive ketones (excluding diaryl/α,β-unsaturated/α-hetero) is 1. The standard InChI is InChI=1S/C12H19NO7/c1-13(2,3)7-8(6-10(15)16)20-11(17)5-4-9(14)12(18)19/h8H,4-7H2,1-3H3,(H-,15,16,18,19)/p+1. The number of nitrogens with zero attached hydrogens (tertiary/aromatic N) is 1. The number of carboxylic acids is 2. The number of hydrogen-bond donors (Lipinski definition) is 2. The number of aliphatic carboxylic acids is 2. The molecule has 0 heterocycles. The van der Waals surface area contributed by atoms with Crippen LogP contribution in [0.3, 0.4) is 0 Å². The van der Waals surface area contributed by atoms with Crippen LogP contribution in [0, 0.1) is 0 Å². The first-order valence-electron chi connectivity index (χ1n) is 5.99. The molecule has 0 spiro atoms. The van der Waals surface area contributed by atoms with Crippen LogP contribution in [0.1, 0.15) is 19.3 Å². The molecule has 0 aromatic rings. The van der Waals surface area contributed by atoms with Gasteiger partial charge in [-0.05, 0) is 0 Å². The largest absolute Gasteiger partial charge is 0.481 e. The van der Waals surface area contributed by atoms with Crippen LogP contribution in [0.15, 0.2) is 0 Å². The molecular weight excluding hydrogens is 270 g/mol. The van der Waals surface area contributed by atoms with E-state index in [0.717, 1.165) is 0 Å². The number of rotatable bonds is 9. The van der Waals surface area contributed by atoms with E-state index in [1.807, 2.05) is 21.1 Å². The fourth-order valence-electron chi connectivity index (χ4n) is 1.52. The minimum Gasteiger partial charge on any atom is -0.481 e. The number of hydrogen-bond acceptors (Lipinski definition) is 5. The van der Waals surface area contributed by atoms with Crippen LogP contribution in [0.5, 0.6) is 0 Å². The molecule has 1 atom stereocenters. The summed E-state index contributed by atoms with van der Waals surface area (Å²) in [5.41, 5.74) is 0. The molecule has 1 unspecified atom stereocenters. The summed E-state index contributed by atoms with van der Waals surface area (Å²) in [6, 6.07) is 0. The third kappa shape index (κ3) is 9.03. The Kier molecular flexibility index (Phi) is 6.84. The maximum Gasteiger partial charge on any atom is 0.372 e. The van der Waals surface area contributed by atoms with Crippen molar-refractivity contribution in [1.82, 2.24) is 0 Å². The second-order valence-electron chi connectivity index (χ2n) is 5.41. The minimum atomic E-state index is -1.61. The van der Waals surface area contributed by atoms with E-state index in [1.54, 1.807) is 0 Å². The lowest BCUT2D eigenvalue weighted by atomic mass is 10.2. The van der Waals surface area contributed by atoms with Gasteiger partial charge in [0.15, 0.2) is 6.10 Å². The van der Waals surface area contributed by atoms with E-state index in [2.05, 4.69) is 0 Å². The number of ether oxygens (including phenoxy) is 1. The Morgan fingerprint density at radius 2 is 1.60 bits per heavy atom. The minimum absolute atomic E-state index is 0.297. The number of quaternary nitrogens is 1. The predicted molar refractivity (Wildman–Crippen MR) is 66.9 cm³/mol. The maximum atomic E-state index is 11.5. The summed E-state index contributed by atoms with van der Waals surface area (Å²) in [4.78, 5) is 43.3. The van der Waals surface area contributed by atoms with E-state index in [1.165, 1.54) is 0 Å². The molecule has 0 fully saturated rings. The molecule has 0 radical (unpaired) electrons. The first kappa shape index (κ1) is 18.0. The van der Waals surface area contributed by atoms with E-state index in [9.17, 15) is 19.2 Å². The van der Waals surface area contributed by atoms with Crippen LogP contribution >= 0.6 is 0 Å². The SMILES string of the molecule is C[N+](C)(C)CC(CC(=O)O)OC(=O)CCC(=O)C(=O)O. The van der Waals surface area contributed by atoms with Gasteiger partial charge in [0.25, 0.3) is 0 Å². The van der Waals surface area contributed by atoms with E-state index in [0.29, 0.717) is 11.0 Å². The molecule has 0 aliphatic heterocycles. The number of likely N-dealkylation sites (N-methyl/N-ethyl adjacent to an activating group) is 1. The van der Waals surface area contributed by atoms with Gasteiger partial charge in [-0.25, -0.2) is 4.79 Å². The quantitative estimate of drug-likeness (QED) is 0.334. The molecule has 0 saturated carbocycles. The number of carbonyl (C=O) groups is 4. The van der Waals surface area contributed by atoms with Gasteiger partial charge >= 0.3 is 17.9 Å². The van der Waals surface area contributed by atoms with Crippen LogP contribution in [0.25, 0.3) is 0 Å². The topological polar surface area (TPSA) is 118 Å². The van der Waals surface area contributed by atoms with Gasteiger partial charge in [0.05, 0.1) is 34.0 Å². The highest BCUT2D eigenvalue weighted by Crippen LogP contribution is 2.07. The summed E-state index contributed by atoms with van der Waals surface area (Å²) in [6.07, 6.45) is -2.00. The molecular formula is C12H20NO7+. The van der Waals surface area contributed by atoms with Crippen molar-refractivity contribution in [3.63, 3.8) is 0 Å². The Labute approximate surface area is 116 Å². The molecule has 8 heteroatoms. The molecule has 2 N–H and O–H groups in total. The van der Waals surface area contributed by atoms with Crippen molar-refractivity contribution in [2.75, 3.05) is 27.7 Å². The second kappa shape index (κ2) is 7.59. The monoisotopic (exact) mass is 290 g/mol. The Bertz CT molecular complexity index is 397. The van der Waals surface area contributed by atoms with E-state index >= 15 is 0 Å². The Balaban J connectivity index is 4.42. The molecule has 0 saturated heterocycles. The van der Waals surface area contributed by atoms with Crippen molar-refractivity contribution < 1.29 is 38.6 Å². The van der Waals surface area contributed by atoms with Crippen molar-refractivity contribution in [2.24, 2.45) is 0 Å². The molecule has 0 rings (SSSR count). The fourth-order valence-corrected chi connectivity index (χ4v) is 1.52. The third-order valence-electron chi connectivity index (χ3n) is 2.25. The van der Waals surface area contributed by atoms with Crippen LogP contribution in [0.2, 0.25) is 0 Å². The van der Waals surface area contributed by atoms with Gasteiger partial charge in [-0.3, -0.25) is 14.4 Å². The summed E-state index contributed by atoms with van der Waals surface area (Å²) in [7, 11) is 5.45. The van der Waals surface area contributed by atoms with Crippen molar-refractivity contribution >= 4 is 23.7 Å². The van der Waals surface area contributed by atoms with Crippen LogP contribution in [-0.4, -0.2) is 72.2 Å². The smallest absolute Gasteiger partial charge is 0.372 e. The highest BCUT2D eigenvalue weighted by molar-refractivity contribution is 6.32. The van der Waals surface area contributed by atoms with E-state index < -0.39 is 36.2 Å².